The van der Waals surface area contributed by atoms with Crippen LogP contribution in [0.2, 0.25) is 0 Å². The van der Waals surface area contributed by atoms with Crippen LogP contribution >= 0.6 is 11.5 Å². The second-order valence-electron chi connectivity index (χ2n) is 5.81. The molecule has 18 heavy (non-hydrogen) atoms. The second kappa shape index (κ2) is 6.11. The Hall–Kier alpha value is -0.480. The van der Waals surface area contributed by atoms with E-state index in [1.54, 1.807) is 0 Å². The van der Waals surface area contributed by atoms with Crippen LogP contribution in [-0.2, 0) is 0 Å². The van der Waals surface area contributed by atoms with Crippen molar-refractivity contribution in [1.29, 1.82) is 0 Å². The lowest BCUT2D eigenvalue weighted by Gasteiger charge is -2.30. The minimum absolute atomic E-state index is 0.347. The van der Waals surface area contributed by atoms with E-state index in [9.17, 15) is 5.11 Å². The summed E-state index contributed by atoms with van der Waals surface area (Å²) in [6, 6.07) is 0. The van der Waals surface area contributed by atoms with Gasteiger partial charge in [0.25, 0.3) is 0 Å². The van der Waals surface area contributed by atoms with E-state index in [-0.39, 0.29) is 6.10 Å². The first-order chi connectivity index (χ1) is 8.63. The van der Waals surface area contributed by atoms with Crippen molar-refractivity contribution in [2.45, 2.75) is 64.9 Å². The zero-order valence-electron chi connectivity index (χ0n) is 11.6. The second-order valence-corrected chi connectivity index (χ2v) is 6.60. The molecule has 1 fully saturated rings. The summed E-state index contributed by atoms with van der Waals surface area (Å²) >= 11 is 1.38. The molecule has 0 saturated heterocycles. The highest BCUT2D eigenvalue weighted by atomic mass is 32.1. The van der Waals surface area contributed by atoms with Gasteiger partial charge >= 0.3 is 0 Å². The van der Waals surface area contributed by atoms with Gasteiger partial charge in [0.2, 0.25) is 0 Å². The quantitative estimate of drug-likeness (QED) is 0.900. The molecule has 1 saturated carbocycles. The maximum absolute atomic E-state index is 10.6. The van der Waals surface area contributed by atoms with Gasteiger partial charge in [0.15, 0.2) is 0 Å². The van der Waals surface area contributed by atoms with E-state index in [4.69, 9.17) is 0 Å². The molecule has 1 aromatic heterocycles. The van der Waals surface area contributed by atoms with Crippen LogP contribution in [0.5, 0.6) is 0 Å². The van der Waals surface area contributed by atoms with Crippen molar-refractivity contribution in [2.75, 3.05) is 0 Å². The molecule has 1 unspecified atom stereocenters. The SMILES string of the molecule is CCC1CCC(C(O)c2snnc2C(C)C)CC1. The first kappa shape index (κ1) is 13.9. The topological polar surface area (TPSA) is 46.0 Å². The Morgan fingerprint density at radius 2 is 1.94 bits per heavy atom. The minimum Gasteiger partial charge on any atom is -0.387 e. The summed E-state index contributed by atoms with van der Waals surface area (Å²) in [5.74, 6) is 1.63. The van der Waals surface area contributed by atoms with Crippen molar-refractivity contribution in [3.05, 3.63) is 10.6 Å². The molecule has 1 atom stereocenters. The van der Waals surface area contributed by atoms with Crippen molar-refractivity contribution in [1.82, 2.24) is 9.59 Å². The number of hydrogen-bond acceptors (Lipinski definition) is 4. The van der Waals surface area contributed by atoms with Crippen molar-refractivity contribution in [3.63, 3.8) is 0 Å². The molecular formula is C14H24N2OS. The molecule has 2 rings (SSSR count). The molecule has 0 amide bonds. The molecule has 1 heterocycles. The predicted molar refractivity (Wildman–Crippen MR) is 74.7 cm³/mol. The van der Waals surface area contributed by atoms with Crippen molar-refractivity contribution >= 4 is 11.5 Å². The highest BCUT2D eigenvalue weighted by Crippen LogP contribution is 2.40. The van der Waals surface area contributed by atoms with E-state index in [0.717, 1.165) is 29.3 Å². The van der Waals surface area contributed by atoms with Gasteiger partial charge in [0.05, 0.1) is 16.7 Å². The summed E-state index contributed by atoms with van der Waals surface area (Å²) in [5, 5.41) is 14.7. The van der Waals surface area contributed by atoms with Gasteiger partial charge in [-0.25, -0.2) is 0 Å². The lowest BCUT2D eigenvalue weighted by Crippen LogP contribution is -2.20. The minimum atomic E-state index is -0.347. The molecule has 1 N–H and O–H groups in total. The lowest BCUT2D eigenvalue weighted by atomic mass is 9.78. The molecule has 1 aromatic rings. The third-order valence-corrected chi connectivity index (χ3v) is 5.08. The van der Waals surface area contributed by atoms with E-state index >= 15 is 0 Å². The zero-order valence-corrected chi connectivity index (χ0v) is 12.4. The van der Waals surface area contributed by atoms with Crippen LogP contribution in [0.4, 0.5) is 0 Å². The first-order valence-corrected chi connectivity index (χ1v) is 7.91. The molecule has 0 radical (unpaired) electrons. The van der Waals surface area contributed by atoms with Crippen LogP contribution in [0.1, 0.15) is 75.5 Å². The third-order valence-electron chi connectivity index (χ3n) is 4.27. The number of aliphatic hydroxyl groups is 1. The fourth-order valence-electron chi connectivity index (χ4n) is 2.94. The van der Waals surface area contributed by atoms with E-state index in [0.29, 0.717) is 11.8 Å². The van der Waals surface area contributed by atoms with Gasteiger partial charge in [-0.15, -0.1) is 5.10 Å². The van der Waals surface area contributed by atoms with Gasteiger partial charge in [-0.1, -0.05) is 44.5 Å². The summed E-state index contributed by atoms with van der Waals surface area (Å²) < 4.78 is 4.02. The van der Waals surface area contributed by atoms with E-state index in [2.05, 4.69) is 30.4 Å². The number of hydrogen-bond donors (Lipinski definition) is 1. The summed E-state index contributed by atoms with van der Waals surface area (Å²) in [6.45, 7) is 6.49. The maximum Gasteiger partial charge on any atom is 0.0945 e. The van der Waals surface area contributed by atoms with Crippen LogP contribution in [0.25, 0.3) is 0 Å². The fraction of sp³-hybridized carbons (Fsp3) is 0.857. The van der Waals surface area contributed by atoms with Gasteiger partial charge in [-0.2, -0.15) is 0 Å². The van der Waals surface area contributed by atoms with Gasteiger partial charge < -0.3 is 5.11 Å². The Morgan fingerprint density at radius 1 is 1.28 bits per heavy atom. The largest absolute Gasteiger partial charge is 0.387 e. The number of aromatic nitrogens is 2. The van der Waals surface area contributed by atoms with Gasteiger partial charge in [0.1, 0.15) is 0 Å². The average molecular weight is 268 g/mol. The smallest absolute Gasteiger partial charge is 0.0945 e. The molecule has 4 heteroatoms. The Kier molecular flexibility index (Phi) is 4.73. The van der Waals surface area contributed by atoms with Gasteiger partial charge in [-0.05, 0) is 42.1 Å². The molecule has 3 nitrogen and oxygen atoms in total. The molecule has 0 aromatic carbocycles. The van der Waals surface area contributed by atoms with Crippen molar-refractivity contribution < 1.29 is 5.11 Å². The summed E-state index contributed by atoms with van der Waals surface area (Å²) in [7, 11) is 0. The van der Waals surface area contributed by atoms with Crippen LogP contribution in [0, 0.1) is 11.8 Å². The predicted octanol–water partition coefficient (Wildman–Crippen LogP) is 3.91. The van der Waals surface area contributed by atoms with Crippen molar-refractivity contribution in [3.8, 4) is 0 Å². The highest BCUT2D eigenvalue weighted by molar-refractivity contribution is 7.05. The van der Waals surface area contributed by atoms with Gasteiger partial charge in [0, 0.05) is 0 Å². The first-order valence-electron chi connectivity index (χ1n) is 7.13. The van der Waals surface area contributed by atoms with Crippen LogP contribution < -0.4 is 0 Å². The van der Waals surface area contributed by atoms with E-state index in [1.165, 1.54) is 30.8 Å². The Morgan fingerprint density at radius 3 is 2.50 bits per heavy atom. The normalized spacial score (nSPS) is 26.5. The summed E-state index contributed by atoms with van der Waals surface area (Å²) in [6.07, 6.45) is 5.76. The lowest BCUT2D eigenvalue weighted by molar-refractivity contribution is 0.0747. The molecule has 0 aliphatic heterocycles. The Balaban J connectivity index is 2.03. The molecule has 1 aliphatic rings. The fourth-order valence-corrected chi connectivity index (χ4v) is 3.82. The molecule has 0 bridgehead atoms. The summed E-state index contributed by atoms with van der Waals surface area (Å²) in [4.78, 5) is 1.00. The summed E-state index contributed by atoms with van der Waals surface area (Å²) in [5.41, 5.74) is 0.991. The van der Waals surface area contributed by atoms with Crippen molar-refractivity contribution in [2.24, 2.45) is 11.8 Å². The van der Waals surface area contributed by atoms with Crippen LogP contribution in [0.15, 0.2) is 0 Å². The number of rotatable bonds is 4. The molecular weight excluding hydrogens is 244 g/mol. The zero-order chi connectivity index (χ0) is 13.1. The van der Waals surface area contributed by atoms with Gasteiger partial charge in [-0.3, -0.25) is 0 Å². The average Bonchev–Trinajstić information content (AvgIpc) is 2.87. The maximum atomic E-state index is 10.6. The van der Waals surface area contributed by atoms with Crippen LogP contribution in [0.3, 0.4) is 0 Å². The molecule has 0 spiro atoms. The molecule has 102 valence electrons. The highest BCUT2D eigenvalue weighted by Gasteiger charge is 2.30. The van der Waals surface area contributed by atoms with E-state index < -0.39 is 0 Å². The Labute approximate surface area is 114 Å². The number of nitrogens with zero attached hydrogens (tertiary/aromatic N) is 2. The Bertz CT molecular complexity index is 370. The standard InChI is InChI=1S/C14H24N2OS/c1-4-10-5-7-11(8-6-10)13(17)14-12(9(2)3)15-16-18-14/h9-11,13,17H,4-8H2,1-3H3. The third kappa shape index (κ3) is 2.91. The number of aliphatic hydroxyl groups excluding tert-OH is 1. The monoisotopic (exact) mass is 268 g/mol. The van der Waals surface area contributed by atoms with E-state index in [1.807, 2.05) is 0 Å². The molecule has 1 aliphatic carbocycles. The van der Waals surface area contributed by atoms with Crippen LogP contribution in [-0.4, -0.2) is 14.7 Å².